The fourth-order valence-electron chi connectivity index (χ4n) is 3.89. The van der Waals surface area contributed by atoms with Gasteiger partial charge < -0.3 is 9.64 Å². The van der Waals surface area contributed by atoms with Gasteiger partial charge in [-0.3, -0.25) is 9.78 Å². The van der Waals surface area contributed by atoms with Crippen molar-refractivity contribution in [2.75, 3.05) is 20.1 Å². The van der Waals surface area contributed by atoms with Crippen molar-refractivity contribution in [3.8, 4) is 5.75 Å². The largest absolute Gasteiger partial charge is 0.487 e. The van der Waals surface area contributed by atoms with Gasteiger partial charge in [0.25, 0.3) is 0 Å². The van der Waals surface area contributed by atoms with Crippen LogP contribution in [-0.2, 0) is 21.2 Å². The number of carbonyl (C=O) groups is 1. The van der Waals surface area contributed by atoms with Gasteiger partial charge in [0, 0.05) is 38.4 Å². The average molecular weight is 401 g/mol. The second-order valence-corrected chi connectivity index (χ2v) is 9.11. The number of likely N-dealkylation sites (N-methyl/N-ethyl adjacent to an activating group) is 1. The van der Waals surface area contributed by atoms with Crippen molar-refractivity contribution in [2.45, 2.75) is 36.3 Å². The summed E-state index contributed by atoms with van der Waals surface area (Å²) in [5, 5.41) is 0. The number of para-hydroxylation sites is 1. The quantitative estimate of drug-likeness (QED) is 0.765. The standard InChI is InChI=1S/C20H23N3O4S/c1-22-16-9-12-23(20(24)14-15-6-4-5-11-21-15)13-10-17(16)27-18-7-2-3-8-19(18)28(22,25)26/h2-8,11,16-17H,9-10,12-14H2,1H3/t16-,17-/m1/s1. The van der Waals surface area contributed by atoms with Crippen LogP contribution in [0.2, 0.25) is 0 Å². The minimum absolute atomic E-state index is 0.000991. The molecule has 1 fully saturated rings. The number of fused-ring (bicyclic) bond motifs is 2. The highest BCUT2D eigenvalue weighted by atomic mass is 32.2. The van der Waals surface area contributed by atoms with E-state index in [2.05, 4.69) is 4.98 Å². The summed E-state index contributed by atoms with van der Waals surface area (Å²) >= 11 is 0. The number of sulfonamides is 1. The van der Waals surface area contributed by atoms with E-state index in [0.717, 1.165) is 5.69 Å². The van der Waals surface area contributed by atoms with Gasteiger partial charge in [-0.1, -0.05) is 18.2 Å². The highest BCUT2D eigenvalue weighted by Gasteiger charge is 2.41. The molecule has 1 saturated heterocycles. The normalized spacial score (nSPS) is 24.2. The molecule has 0 radical (unpaired) electrons. The Hall–Kier alpha value is -2.45. The highest BCUT2D eigenvalue weighted by Crippen LogP contribution is 2.35. The van der Waals surface area contributed by atoms with E-state index in [1.807, 2.05) is 18.2 Å². The van der Waals surface area contributed by atoms with Crippen molar-refractivity contribution in [2.24, 2.45) is 0 Å². The summed E-state index contributed by atoms with van der Waals surface area (Å²) in [7, 11) is -2.03. The predicted molar refractivity (Wildman–Crippen MR) is 103 cm³/mol. The molecule has 2 aromatic rings. The summed E-state index contributed by atoms with van der Waals surface area (Å²) in [6, 6.07) is 11.9. The van der Waals surface area contributed by atoms with E-state index in [1.165, 1.54) is 4.31 Å². The molecule has 4 rings (SSSR count). The third-order valence-electron chi connectivity index (χ3n) is 5.47. The zero-order valence-corrected chi connectivity index (χ0v) is 16.5. The molecule has 0 saturated carbocycles. The highest BCUT2D eigenvalue weighted by molar-refractivity contribution is 7.89. The summed E-state index contributed by atoms with van der Waals surface area (Å²) in [6.45, 7) is 1.02. The Morgan fingerprint density at radius 3 is 2.68 bits per heavy atom. The van der Waals surface area contributed by atoms with Crippen molar-refractivity contribution in [3.63, 3.8) is 0 Å². The van der Waals surface area contributed by atoms with Crippen molar-refractivity contribution in [1.29, 1.82) is 0 Å². The van der Waals surface area contributed by atoms with Crippen LogP contribution in [0.3, 0.4) is 0 Å². The maximum Gasteiger partial charge on any atom is 0.246 e. The zero-order chi connectivity index (χ0) is 19.7. The number of carbonyl (C=O) groups excluding carboxylic acids is 1. The number of rotatable bonds is 2. The number of pyridine rings is 1. The topological polar surface area (TPSA) is 79.8 Å². The number of hydrogen-bond donors (Lipinski definition) is 0. The number of aromatic nitrogens is 1. The van der Waals surface area contributed by atoms with Crippen LogP contribution in [0.15, 0.2) is 53.6 Å². The van der Waals surface area contributed by atoms with Gasteiger partial charge in [0.2, 0.25) is 15.9 Å². The van der Waals surface area contributed by atoms with Crippen LogP contribution in [-0.4, -0.2) is 60.8 Å². The lowest BCUT2D eigenvalue weighted by atomic mass is 10.1. The van der Waals surface area contributed by atoms with E-state index in [-0.39, 0.29) is 29.4 Å². The summed E-state index contributed by atoms with van der Waals surface area (Å²) in [5.74, 6) is 0.385. The van der Waals surface area contributed by atoms with Crippen LogP contribution in [0.4, 0.5) is 0 Å². The Bertz CT molecular complexity index is 964. The second-order valence-electron chi connectivity index (χ2n) is 7.15. The fourth-order valence-corrected chi connectivity index (χ4v) is 5.42. The Morgan fingerprint density at radius 2 is 1.89 bits per heavy atom. The molecule has 1 aromatic heterocycles. The summed E-state index contributed by atoms with van der Waals surface area (Å²) in [6.07, 6.45) is 2.73. The lowest BCUT2D eigenvalue weighted by Crippen LogP contribution is -2.44. The van der Waals surface area contributed by atoms with Crippen LogP contribution in [0.25, 0.3) is 0 Å². The number of likely N-dealkylation sites (tertiary alicyclic amines) is 1. The van der Waals surface area contributed by atoms with E-state index in [9.17, 15) is 13.2 Å². The minimum Gasteiger partial charge on any atom is -0.487 e. The molecule has 0 spiro atoms. The average Bonchev–Trinajstić information content (AvgIpc) is 2.94. The third kappa shape index (κ3) is 3.49. The molecular weight excluding hydrogens is 378 g/mol. The molecule has 2 aliphatic heterocycles. The van der Waals surface area contributed by atoms with E-state index in [0.29, 0.717) is 31.7 Å². The molecule has 0 bridgehead atoms. The van der Waals surface area contributed by atoms with Gasteiger partial charge in [0.15, 0.2) is 0 Å². The number of benzene rings is 1. The first kappa shape index (κ1) is 18.9. The van der Waals surface area contributed by atoms with Crippen molar-refractivity contribution >= 4 is 15.9 Å². The Morgan fingerprint density at radius 1 is 1.14 bits per heavy atom. The number of nitrogens with zero attached hydrogens (tertiary/aromatic N) is 3. The molecule has 0 unspecified atom stereocenters. The van der Waals surface area contributed by atoms with Gasteiger partial charge in [-0.15, -0.1) is 0 Å². The maximum atomic E-state index is 13.0. The van der Waals surface area contributed by atoms with E-state index in [4.69, 9.17) is 4.74 Å². The lowest BCUT2D eigenvalue weighted by molar-refractivity contribution is -0.130. The molecule has 1 aromatic carbocycles. The lowest BCUT2D eigenvalue weighted by Gasteiger charge is -2.28. The molecule has 3 heterocycles. The molecule has 2 aliphatic rings. The molecule has 0 N–H and O–H groups in total. The molecule has 1 amide bonds. The first-order valence-corrected chi connectivity index (χ1v) is 10.8. The Kier molecular flexibility index (Phi) is 5.07. The Labute approximate surface area is 165 Å². The molecule has 8 heteroatoms. The van der Waals surface area contributed by atoms with E-state index >= 15 is 0 Å². The minimum atomic E-state index is -3.64. The SMILES string of the molecule is CN1[C@@H]2CCN(C(=O)Cc3ccccn3)CC[C@H]2Oc2ccccc2S1(=O)=O. The molecule has 148 valence electrons. The van der Waals surface area contributed by atoms with Crippen molar-refractivity contribution in [3.05, 3.63) is 54.4 Å². The summed E-state index contributed by atoms with van der Waals surface area (Å²) in [5.41, 5.74) is 0.732. The van der Waals surface area contributed by atoms with Gasteiger partial charge in [-0.25, -0.2) is 8.42 Å². The fraction of sp³-hybridized carbons (Fsp3) is 0.400. The van der Waals surface area contributed by atoms with Crippen LogP contribution < -0.4 is 4.74 Å². The van der Waals surface area contributed by atoms with Gasteiger partial charge >= 0.3 is 0 Å². The Balaban J connectivity index is 1.54. The van der Waals surface area contributed by atoms with E-state index < -0.39 is 10.0 Å². The maximum absolute atomic E-state index is 13.0. The molecule has 7 nitrogen and oxygen atoms in total. The summed E-state index contributed by atoms with van der Waals surface area (Å²) < 4.78 is 33.5. The van der Waals surface area contributed by atoms with Crippen molar-refractivity contribution < 1.29 is 17.9 Å². The van der Waals surface area contributed by atoms with Gasteiger partial charge in [-0.2, -0.15) is 4.31 Å². The smallest absolute Gasteiger partial charge is 0.246 e. The van der Waals surface area contributed by atoms with Crippen LogP contribution in [0.5, 0.6) is 5.75 Å². The first-order chi connectivity index (χ1) is 13.5. The van der Waals surface area contributed by atoms with Crippen LogP contribution in [0.1, 0.15) is 18.5 Å². The van der Waals surface area contributed by atoms with Gasteiger partial charge in [-0.05, 0) is 30.7 Å². The third-order valence-corrected chi connectivity index (χ3v) is 7.39. The predicted octanol–water partition coefficient (Wildman–Crippen LogP) is 1.70. The molecule has 28 heavy (non-hydrogen) atoms. The number of amides is 1. The zero-order valence-electron chi connectivity index (χ0n) is 15.7. The summed E-state index contributed by atoms with van der Waals surface area (Å²) in [4.78, 5) is 18.9. The van der Waals surface area contributed by atoms with Gasteiger partial charge in [0.05, 0.1) is 12.5 Å². The monoisotopic (exact) mass is 401 g/mol. The van der Waals surface area contributed by atoms with E-state index in [1.54, 1.807) is 42.4 Å². The first-order valence-electron chi connectivity index (χ1n) is 9.38. The second kappa shape index (κ2) is 7.52. The van der Waals surface area contributed by atoms with Gasteiger partial charge in [0.1, 0.15) is 16.7 Å². The molecular formula is C20H23N3O4S. The molecule has 2 atom stereocenters. The molecule has 0 aliphatic carbocycles. The van der Waals surface area contributed by atoms with Crippen LogP contribution in [0, 0.1) is 0 Å². The van der Waals surface area contributed by atoms with Crippen molar-refractivity contribution in [1.82, 2.24) is 14.2 Å². The number of ether oxygens (including phenoxy) is 1. The van der Waals surface area contributed by atoms with Crippen LogP contribution >= 0.6 is 0 Å². The number of hydrogen-bond acceptors (Lipinski definition) is 5.